The van der Waals surface area contributed by atoms with Crippen LogP contribution in [0.1, 0.15) is 58.7 Å². The zero-order valence-electron chi connectivity index (χ0n) is 34.1. The summed E-state index contributed by atoms with van der Waals surface area (Å²) in [6.07, 6.45) is 3.57. The maximum atomic E-state index is 13.3. The molecular weight excluding hydrogens is 795 g/mol. The van der Waals surface area contributed by atoms with Crippen LogP contribution in [-0.2, 0) is 0 Å². The first-order valence-corrected chi connectivity index (χ1v) is 21.1. The van der Waals surface area contributed by atoms with Crippen LogP contribution in [0.2, 0.25) is 0 Å². The fraction of sp³-hybridized carbons (Fsp3) is 0.304. The molecule has 4 aromatic carbocycles. The monoisotopic (exact) mass is 842 g/mol. The molecule has 0 spiro atoms. The lowest BCUT2D eigenvalue weighted by Gasteiger charge is -2.32. The Labute approximate surface area is 353 Å². The summed E-state index contributed by atoms with van der Waals surface area (Å²) in [6.45, 7) is 6.04. The number of imidazole rings is 2. The van der Waals surface area contributed by atoms with Gasteiger partial charge in [-0.15, -0.1) is 0 Å². The van der Waals surface area contributed by atoms with E-state index in [0.29, 0.717) is 35.2 Å². The summed E-state index contributed by atoms with van der Waals surface area (Å²) in [5, 5.41) is 7.22. The van der Waals surface area contributed by atoms with Crippen LogP contribution in [0.4, 0.5) is 8.78 Å². The molecule has 2 fully saturated rings. The number of piperidine rings is 2. The van der Waals surface area contributed by atoms with Crippen molar-refractivity contribution in [3.8, 4) is 0 Å². The normalized spacial score (nSPS) is 15.6. The lowest BCUT2D eigenvalue weighted by molar-refractivity contribution is 0.0932. The molecular formula is C46H48F2N10O4. The SMILES string of the molecule is O=C(NCCN1CCC(n2c(=O)[nH]c3ccccc32)CC1)c1cc2cc(F)ccc2[nH]1.O=C(NCCN1CCC(n2c(=O)[nH]c3ccccc32)CC1)c1cc2cc(F)ccc2[nH]1. The molecule has 0 bridgehead atoms. The van der Waals surface area contributed by atoms with Gasteiger partial charge < -0.3 is 40.4 Å². The summed E-state index contributed by atoms with van der Waals surface area (Å²) in [6, 6.07) is 28.1. The van der Waals surface area contributed by atoms with Crippen LogP contribution in [0.3, 0.4) is 0 Å². The molecule has 14 nitrogen and oxygen atoms in total. The highest BCUT2D eigenvalue weighted by Gasteiger charge is 2.25. The zero-order chi connectivity index (χ0) is 42.7. The van der Waals surface area contributed by atoms with E-state index in [4.69, 9.17) is 0 Å². The van der Waals surface area contributed by atoms with E-state index < -0.39 is 0 Å². The van der Waals surface area contributed by atoms with Gasteiger partial charge in [0, 0.05) is 86.2 Å². The molecule has 8 aromatic rings. The van der Waals surface area contributed by atoms with E-state index in [1.165, 1.54) is 24.3 Å². The van der Waals surface area contributed by atoms with Crippen LogP contribution in [0.25, 0.3) is 43.9 Å². The van der Waals surface area contributed by atoms with Gasteiger partial charge in [-0.25, -0.2) is 18.4 Å². The van der Waals surface area contributed by atoms with Crippen molar-refractivity contribution in [2.45, 2.75) is 37.8 Å². The Morgan fingerprint density at radius 3 is 1.35 bits per heavy atom. The summed E-state index contributed by atoms with van der Waals surface area (Å²) < 4.78 is 30.4. The molecule has 0 unspecified atom stereocenters. The van der Waals surface area contributed by atoms with Crippen LogP contribution >= 0.6 is 0 Å². The first-order valence-electron chi connectivity index (χ1n) is 21.1. The number of carbonyl (C=O) groups excluding carboxylic acids is 2. The minimum atomic E-state index is -0.322. The minimum Gasteiger partial charge on any atom is -0.351 e. The Hall–Kier alpha value is -6.78. The number of hydrogen-bond donors (Lipinski definition) is 6. The lowest BCUT2D eigenvalue weighted by Crippen LogP contribution is -2.41. The summed E-state index contributed by atoms with van der Waals surface area (Å²) in [4.78, 5) is 66.2. The molecule has 0 radical (unpaired) electrons. The number of amides is 2. The predicted octanol–water partition coefficient (Wildman–Crippen LogP) is 6.03. The molecule has 0 aliphatic carbocycles. The molecule has 2 amide bonds. The number of nitrogens with one attached hydrogen (secondary N) is 6. The van der Waals surface area contributed by atoms with Crippen molar-refractivity contribution in [3.63, 3.8) is 0 Å². The highest BCUT2D eigenvalue weighted by molar-refractivity contribution is 5.98. The Bertz CT molecular complexity index is 2790. The second-order valence-electron chi connectivity index (χ2n) is 16.1. The maximum absolute atomic E-state index is 13.3. The number of aromatic nitrogens is 6. The molecule has 4 aromatic heterocycles. The van der Waals surface area contributed by atoms with Crippen LogP contribution in [0.15, 0.2) is 107 Å². The summed E-state index contributed by atoms with van der Waals surface area (Å²) in [5.41, 5.74) is 5.89. The molecule has 2 aliphatic rings. The Morgan fingerprint density at radius 2 is 0.935 bits per heavy atom. The number of halogens is 2. The summed E-state index contributed by atoms with van der Waals surface area (Å²) >= 11 is 0. The number of rotatable bonds is 10. The van der Waals surface area contributed by atoms with Crippen molar-refractivity contribution in [2.24, 2.45) is 0 Å². The molecule has 320 valence electrons. The average Bonchev–Trinajstić information content (AvgIpc) is 4.06. The van der Waals surface area contributed by atoms with Gasteiger partial charge in [-0.2, -0.15) is 0 Å². The zero-order valence-corrected chi connectivity index (χ0v) is 34.1. The number of nitrogens with zero attached hydrogens (tertiary/aromatic N) is 4. The van der Waals surface area contributed by atoms with E-state index in [2.05, 4.69) is 40.4 Å². The smallest absolute Gasteiger partial charge is 0.326 e. The second kappa shape index (κ2) is 17.7. The van der Waals surface area contributed by atoms with E-state index in [0.717, 1.165) is 98.1 Å². The molecule has 62 heavy (non-hydrogen) atoms. The number of benzene rings is 4. The third-order valence-corrected chi connectivity index (χ3v) is 12.2. The lowest BCUT2D eigenvalue weighted by atomic mass is 10.0. The van der Waals surface area contributed by atoms with E-state index in [1.54, 1.807) is 24.3 Å². The number of H-pyrrole nitrogens is 4. The highest BCUT2D eigenvalue weighted by atomic mass is 19.1. The van der Waals surface area contributed by atoms with Crippen LogP contribution in [-0.4, -0.2) is 103 Å². The van der Waals surface area contributed by atoms with Gasteiger partial charge in [0.05, 0.1) is 22.1 Å². The maximum Gasteiger partial charge on any atom is 0.326 e. The standard InChI is InChI=1S/2C23H24FN5O2/c2*24-16-5-6-18-15(13-16)14-20(26-18)22(30)25-9-12-28-10-7-17(8-11-28)29-21-4-2-1-3-19(21)27-23(29)31/h2*1-6,13-14,17,26H,7-12H2,(H,25,30)(H,27,31). The van der Waals surface area contributed by atoms with E-state index in [1.807, 2.05) is 57.7 Å². The second-order valence-corrected chi connectivity index (χ2v) is 16.1. The van der Waals surface area contributed by atoms with Crippen molar-refractivity contribution >= 4 is 55.7 Å². The Morgan fingerprint density at radius 1 is 0.532 bits per heavy atom. The van der Waals surface area contributed by atoms with Gasteiger partial charge in [-0.3, -0.25) is 18.7 Å². The quantitative estimate of drug-likeness (QED) is 0.0982. The van der Waals surface area contributed by atoms with Crippen LogP contribution < -0.4 is 22.0 Å². The van der Waals surface area contributed by atoms with Gasteiger partial charge in [0.1, 0.15) is 23.0 Å². The van der Waals surface area contributed by atoms with Gasteiger partial charge >= 0.3 is 11.4 Å². The largest absolute Gasteiger partial charge is 0.351 e. The topological polar surface area (TPSA) is 172 Å². The summed E-state index contributed by atoms with van der Waals surface area (Å²) in [7, 11) is 0. The van der Waals surface area contributed by atoms with Crippen LogP contribution in [0.5, 0.6) is 0 Å². The predicted molar refractivity (Wildman–Crippen MR) is 236 cm³/mol. The molecule has 0 atom stereocenters. The Kier molecular flexibility index (Phi) is 11.6. The molecule has 6 N–H and O–H groups in total. The van der Waals surface area contributed by atoms with E-state index in [9.17, 15) is 28.0 Å². The summed E-state index contributed by atoms with van der Waals surface area (Å²) in [5.74, 6) is -1.04. The van der Waals surface area contributed by atoms with E-state index in [-0.39, 0.29) is 46.9 Å². The van der Waals surface area contributed by atoms with Gasteiger partial charge in [0.15, 0.2) is 0 Å². The first-order chi connectivity index (χ1) is 30.2. The van der Waals surface area contributed by atoms with Gasteiger partial charge in [-0.05, 0) is 98.5 Å². The molecule has 16 heteroatoms. The van der Waals surface area contributed by atoms with Crippen molar-refractivity contribution in [3.05, 3.63) is 141 Å². The Balaban J connectivity index is 0.000000158. The third kappa shape index (κ3) is 8.69. The number of para-hydroxylation sites is 4. The number of aromatic amines is 4. The molecule has 2 saturated heterocycles. The number of hydrogen-bond acceptors (Lipinski definition) is 6. The van der Waals surface area contributed by atoms with E-state index >= 15 is 0 Å². The van der Waals surface area contributed by atoms with Gasteiger partial charge in [-0.1, -0.05) is 24.3 Å². The number of likely N-dealkylation sites (tertiary alicyclic amines) is 2. The molecule has 6 heterocycles. The first kappa shape index (κ1) is 40.6. The minimum absolute atomic E-state index is 0.0508. The van der Waals surface area contributed by atoms with Crippen LogP contribution in [0, 0.1) is 11.6 Å². The molecule has 0 saturated carbocycles. The third-order valence-electron chi connectivity index (χ3n) is 12.2. The van der Waals surface area contributed by atoms with Crippen molar-refractivity contribution in [1.29, 1.82) is 0 Å². The van der Waals surface area contributed by atoms with Crippen molar-refractivity contribution < 1.29 is 18.4 Å². The van der Waals surface area contributed by atoms with Gasteiger partial charge in [0.25, 0.3) is 11.8 Å². The number of carbonyl (C=O) groups is 2. The van der Waals surface area contributed by atoms with Crippen molar-refractivity contribution in [1.82, 2.24) is 49.5 Å². The van der Waals surface area contributed by atoms with Crippen molar-refractivity contribution in [2.75, 3.05) is 52.4 Å². The number of fused-ring (bicyclic) bond motifs is 4. The fourth-order valence-electron chi connectivity index (χ4n) is 8.97. The van der Waals surface area contributed by atoms with Gasteiger partial charge in [0.2, 0.25) is 0 Å². The molecule has 2 aliphatic heterocycles. The molecule has 10 rings (SSSR count). The highest BCUT2D eigenvalue weighted by Crippen LogP contribution is 2.26. The fourth-order valence-corrected chi connectivity index (χ4v) is 8.97. The average molecular weight is 843 g/mol.